The SMILES string of the molecule is Cc1ccc(NC(=O)[C@H](C)OC(=O)[C@@H]2C[C@H]2C)cc1. The van der Waals surface area contributed by atoms with Gasteiger partial charge in [0, 0.05) is 5.69 Å². The Kier molecular flexibility index (Phi) is 3.88. The average Bonchev–Trinajstić information content (AvgIpc) is 3.09. The largest absolute Gasteiger partial charge is 0.452 e. The zero-order valence-electron chi connectivity index (χ0n) is 11.5. The number of hydrogen-bond acceptors (Lipinski definition) is 3. The van der Waals surface area contributed by atoms with E-state index < -0.39 is 6.10 Å². The van der Waals surface area contributed by atoms with Crippen LogP contribution in [0.2, 0.25) is 0 Å². The number of nitrogens with one attached hydrogen (secondary N) is 1. The van der Waals surface area contributed by atoms with E-state index in [1.165, 1.54) is 0 Å². The fraction of sp³-hybridized carbons (Fsp3) is 0.467. The summed E-state index contributed by atoms with van der Waals surface area (Å²) in [6.07, 6.45) is 0.104. The molecule has 1 amide bonds. The van der Waals surface area contributed by atoms with Crippen molar-refractivity contribution in [2.75, 3.05) is 5.32 Å². The van der Waals surface area contributed by atoms with Gasteiger partial charge in [-0.05, 0) is 38.3 Å². The van der Waals surface area contributed by atoms with Crippen LogP contribution in [0.25, 0.3) is 0 Å². The summed E-state index contributed by atoms with van der Waals surface area (Å²) in [5.74, 6) is -0.195. The van der Waals surface area contributed by atoms with Crippen LogP contribution < -0.4 is 5.32 Å². The van der Waals surface area contributed by atoms with Gasteiger partial charge < -0.3 is 10.1 Å². The van der Waals surface area contributed by atoms with Gasteiger partial charge in [-0.1, -0.05) is 24.6 Å². The van der Waals surface area contributed by atoms with E-state index in [0.717, 1.165) is 12.0 Å². The minimum atomic E-state index is -0.762. The second-order valence-corrected chi connectivity index (χ2v) is 5.25. The molecule has 4 heteroatoms. The van der Waals surface area contributed by atoms with Gasteiger partial charge in [0.25, 0.3) is 5.91 Å². The van der Waals surface area contributed by atoms with Gasteiger partial charge in [0.15, 0.2) is 6.10 Å². The molecule has 0 heterocycles. The third-order valence-electron chi connectivity index (χ3n) is 3.39. The molecular weight excluding hydrogens is 242 g/mol. The van der Waals surface area contributed by atoms with Crippen LogP contribution in [0.1, 0.15) is 25.8 Å². The number of rotatable bonds is 4. The molecule has 1 aliphatic carbocycles. The van der Waals surface area contributed by atoms with Gasteiger partial charge in [0.1, 0.15) is 0 Å². The van der Waals surface area contributed by atoms with Crippen molar-refractivity contribution >= 4 is 17.6 Å². The van der Waals surface area contributed by atoms with Crippen LogP contribution in [0.15, 0.2) is 24.3 Å². The maximum atomic E-state index is 11.9. The fourth-order valence-corrected chi connectivity index (χ4v) is 1.85. The van der Waals surface area contributed by atoms with Gasteiger partial charge in [-0.3, -0.25) is 9.59 Å². The van der Waals surface area contributed by atoms with Crippen LogP contribution in [0.5, 0.6) is 0 Å². The second-order valence-electron chi connectivity index (χ2n) is 5.25. The Hall–Kier alpha value is -1.84. The number of hydrogen-bond donors (Lipinski definition) is 1. The number of carbonyl (C=O) groups is 2. The summed E-state index contributed by atoms with van der Waals surface area (Å²) in [4.78, 5) is 23.5. The first-order chi connectivity index (χ1) is 8.97. The van der Waals surface area contributed by atoms with Crippen molar-refractivity contribution in [3.8, 4) is 0 Å². The molecule has 1 N–H and O–H groups in total. The molecule has 1 saturated carbocycles. The number of benzene rings is 1. The van der Waals surface area contributed by atoms with E-state index in [1.807, 2.05) is 38.1 Å². The molecule has 4 nitrogen and oxygen atoms in total. The molecule has 2 rings (SSSR count). The molecule has 1 aromatic rings. The van der Waals surface area contributed by atoms with Crippen LogP contribution in [0, 0.1) is 18.8 Å². The topological polar surface area (TPSA) is 55.4 Å². The number of aryl methyl sites for hydroxylation is 1. The normalized spacial score (nSPS) is 22.5. The summed E-state index contributed by atoms with van der Waals surface area (Å²) in [6.45, 7) is 5.57. The molecule has 0 spiro atoms. The van der Waals surface area contributed by atoms with Gasteiger partial charge in [-0.25, -0.2) is 0 Å². The Labute approximate surface area is 113 Å². The molecule has 0 unspecified atom stereocenters. The van der Waals surface area contributed by atoms with Crippen molar-refractivity contribution in [3.05, 3.63) is 29.8 Å². The van der Waals surface area contributed by atoms with E-state index in [0.29, 0.717) is 11.6 Å². The van der Waals surface area contributed by atoms with Gasteiger partial charge in [0.05, 0.1) is 5.92 Å². The zero-order chi connectivity index (χ0) is 14.0. The van der Waals surface area contributed by atoms with Crippen LogP contribution >= 0.6 is 0 Å². The van der Waals surface area contributed by atoms with Gasteiger partial charge in [-0.2, -0.15) is 0 Å². The Morgan fingerprint density at radius 1 is 1.32 bits per heavy atom. The van der Waals surface area contributed by atoms with E-state index in [2.05, 4.69) is 5.32 Å². The number of esters is 1. The molecule has 0 saturated heterocycles. The first kappa shape index (κ1) is 13.6. The van der Waals surface area contributed by atoms with E-state index in [4.69, 9.17) is 4.74 Å². The Balaban J connectivity index is 1.85. The van der Waals surface area contributed by atoms with Crippen molar-refractivity contribution in [2.24, 2.45) is 11.8 Å². The predicted octanol–water partition coefficient (Wildman–Crippen LogP) is 2.52. The van der Waals surface area contributed by atoms with Gasteiger partial charge in [0.2, 0.25) is 0 Å². The lowest BCUT2D eigenvalue weighted by Crippen LogP contribution is -2.30. The second kappa shape index (κ2) is 5.43. The van der Waals surface area contributed by atoms with Gasteiger partial charge in [-0.15, -0.1) is 0 Å². The molecule has 0 bridgehead atoms. The summed E-state index contributed by atoms with van der Waals surface area (Å²) >= 11 is 0. The van der Waals surface area contributed by atoms with Crippen LogP contribution in [0.3, 0.4) is 0 Å². The molecular formula is C15H19NO3. The molecule has 1 aliphatic rings. The highest BCUT2D eigenvalue weighted by Gasteiger charge is 2.41. The van der Waals surface area contributed by atoms with Crippen molar-refractivity contribution in [1.29, 1.82) is 0 Å². The molecule has 19 heavy (non-hydrogen) atoms. The van der Waals surface area contributed by atoms with Crippen LogP contribution in [-0.4, -0.2) is 18.0 Å². The standard InChI is InChI=1S/C15H19NO3/c1-9-4-6-12(7-5-9)16-14(17)11(3)19-15(18)13-8-10(13)2/h4-7,10-11,13H,8H2,1-3H3,(H,16,17)/t10-,11+,13-/m1/s1. The van der Waals surface area contributed by atoms with Crippen molar-refractivity contribution < 1.29 is 14.3 Å². The number of amides is 1. The summed E-state index contributed by atoms with van der Waals surface area (Å²) in [6, 6.07) is 7.48. The molecule has 0 aliphatic heterocycles. The zero-order valence-corrected chi connectivity index (χ0v) is 11.5. The van der Waals surface area contributed by atoms with Crippen LogP contribution in [-0.2, 0) is 14.3 Å². The fourth-order valence-electron chi connectivity index (χ4n) is 1.85. The first-order valence-electron chi connectivity index (χ1n) is 6.55. The predicted molar refractivity (Wildman–Crippen MR) is 72.6 cm³/mol. The number of carbonyl (C=O) groups excluding carboxylic acids is 2. The summed E-state index contributed by atoms with van der Waals surface area (Å²) in [5, 5.41) is 2.73. The van der Waals surface area contributed by atoms with Gasteiger partial charge >= 0.3 is 5.97 Å². The van der Waals surface area contributed by atoms with E-state index in [-0.39, 0.29) is 17.8 Å². The molecule has 0 aromatic heterocycles. The molecule has 0 radical (unpaired) electrons. The Bertz CT molecular complexity index is 481. The highest BCUT2D eigenvalue weighted by Crippen LogP contribution is 2.38. The number of ether oxygens (including phenoxy) is 1. The summed E-state index contributed by atoms with van der Waals surface area (Å²) < 4.78 is 5.15. The number of anilines is 1. The highest BCUT2D eigenvalue weighted by molar-refractivity contribution is 5.95. The third-order valence-corrected chi connectivity index (χ3v) is 3.39. The highest BCUT2D eigenvalue weighted by atomic mass is 16.5. The lowest BCUT2D eigenvalue weighted by Gasteiger charge is -2.13. The minimum absolute atomic E-state index is 0.0189. The molecule has 1 fully saturated rings. The molecule has 102 valence electrons. The first-order valence-corrected chi connectivity index (χ1v) is 6.55. The smallest absolute Gasteiger partial charge is 0.309 e. The van der Waals surface area contributed by atoms with Crippen molar-refractivity contribution in [3.63, 3.8) is 0 Å². The third kappa shape index (κ3) is 3.56. The quantitative estimate of drug-likeness (QED) is 0.847. The van der Waals surface area contributed by atoms with E-state index in [9.17, 15) is 9.59 Å². The van der Waals surface area contributed by atoms with E-state index >= 15 is 0 Å². The lowest BCUT2D eigenvalue weighted by molar-refractivity contribution is -0.154. The summed E-state index contributed by atoms with van der Waals surface area (Å²) in [7, 11) is 0. The minimum Gasteiger partial charge on any atom is -0.452 e. The van der Waals surface area contributed by atoms with Crippen LogP contribution in [0.4, 0.5) is 5.69 Å². The Morgan fingerprint density at radius 3 is 2.42 bits per heavy atom. The maximum Gasteiger partial charge on any atom is 0.309 e. The lowest BCUT2D eigenvalue weighted by atomic mass is 10.2. The Morgan fingerprint density at radius 2 is 1.89 bits per heavy atom. The monoisotopic (exact) mass is 261 g/mol. The molecule has 1 aromatic carbocycles. The molecule has 3 atom stereocenters. The van der Waals surface area contributed by atoms with E-state index in [1.54, 1.807) is 6.92 Å². The summed E-state index contributed by atoms with van der Waals surface area (Å²) in [5.41, 5.74) is 1.83. The van der Waals surface area contributed by atoms with Crippen molar-refractivity contribution in [2.45, 2.75) is 33.3 Å². The average molecular weight is 261 g/mol. The maximum absolute atomic E-state index is 11.9. The van der Waals surface area contributed by atoms with Crippen molar-refractivity contribution in [1.82, 2.24) is 0 Å².